The van der Waals surface area contributed by atoms with E-state index in [0.29, 0.717) is 0 Å². The molecule has 1 aromatic heterocycles. The molecule has 78 valence electrons. The summed E-state index contributed by atoms with van der Waals surface area (Å²) in [6.07, 6.45) is 6.74. The number of aryl methyl sites for hydroxylation is 1. The van der Waals surface area contributed by atoms with E-state index in [-0.39, 0.29) is 0 Å². The lowest BCUT2D eigenvalue weighted by molar-refractivity contribution is 0.766. The van der Waals surface area contributed by atoms with E-state index in [1.165, 1.54) is 5.56 Å². The van der Waals surface area contributed by atoms with Crippen LogP contribution in [0.4, 0.5) is 0 Å². The van der Waals surface area contributed by atoms with Crippen LogP contribution in [0.15, 0.2) is 17.4 Å². The maximum atomic E-state index is 5.68. The van der Waals surface area contributed by atoms with Crippen LogP contribution in [0.5, 0.6) is 0 Å². The maximum absolute atomic E-state index is 5.68. The number of nitrogens with two attached hydrogens (primary N) is 1. The zero-order valence-corrected chi connectivity index (χ0v) is 8.90. The minimum absolute atomic E-state index is 0.761. The van der Waals surface area contributed by atoms with Crippen molar-refractivity contribution in [1.82, 2.24) is 9.78 Å². The third kappa shape index (κ3) is 3.60. The second-order valence-electron chi connectivity index (χ2n) is 3.40. The van der Waals surface area contributed by atoms with Crippen molar-refractivity contribution in [2.45, 2.75) is 26.2 Å². The molecule has 0 amide bonds. The number of rotatable bonds is 5. The molecule has 0 saturated heterocycles. The number of hydrogen-bond acceptors (Lipinski definition) is 2. The summed E-state index contributed by atoms with van der Waals surface area (Å²) in [5.74, 6) is 0.761. The Labute approximate surface area is 84.8 Å². The molecule has 1 rings (SSSR count). The van der Waals surface area contributed by atoms with Gasteiger partial charge in [-0.3, -0.25) is 9.67 Å². The Morgan fingerprint density at radius 3 is 3.00 bits per heavy atom. The molecular formula is C10H18N4. The first-order valence-corrected chi connectivity index (χ1v) is 4.98. The lowest BCUT2D eigenvalue weighted by Gasteiger charge is -1.97. The molecular weight excluding hydrogens is 176 g/mol. The Morgan fingerprint density at radius 2 is 2.43 bits per heavy atom. The molecule has 0 radical (unpaired) electrons. The Hall–Kier alpha value is -1.32. The van der Waals surface area contributed by atoms with E-state index in [4.69, 9.17) is 5.73 Å². The molecule has 4 heteroatoms. The molecule has 0 aliphatic carbocycles. The Bertz CT molecular complexity index is 301. The van der Waals surface area contributed by atoms with Crippen molar-refractivity contribution in [2.24, 2.45) is 17.8 Å². The van der Waals surface area contributed by atoms with Crippen LogP contribution in [-0.2, 0) is 13.5 Å². The average Bonchev–Trinajstić information content (AvgIpc) is 2.52. The van der Waals surface area contributed by atoms with Gasteiger partial charge in [0.1, 0.15) is 0 Å². The maximum Gasteiger partial charge on any atom is 0.0937 e. The SMILES string of the molecule is CCCC(N)=NCCc1cnn(C)c1. The lowest BCUT2D eigenvalue weighted by Crippen LogP contribution is -2.11. The van der Waals surface area contributed by atoms with Crippen LogP contribution in [0.3, 0.4) is 0 Å². The molecule has 1 aromatic rings. The third-order valence-corrected chi connectivity index (χ3v) is 1.98. The van der Waals surface area contributed by atoms with Gasteiger partial charge in [-0.25, -0.2) is 0 Å². The Kier molecular flexibility index (Phi) is 4.16. The van der Waals surface area contributed by atoms with E-state index in [1.54, 1.807) is 4.68 Å². The number of aliphatic imine (C=N–C) groups is 1. The highest BCUT2D eigenvalue weighted by Gasteiger charge is 1.95. The molecule has 0 aliphatic heterocycles. The van der Waals surface area contributed by atoms with Crippen molar-refractivity contribution in [2.75, 3.05) is 6.54 Å². The fraction of sp³-hybridized carbons (Fsp3) is 0.600. The fourth-order valence-electron chi connectivity index (χ4n) is 1.26. The first-order chi connectivity index (χ1) is 6.72. The molecule has 0 fully saturated rings. The smallest absolute Gasteiger partial charge is 0.0937 e. The molecule has 0 bridgehead atoms. The van der Waals surface area contributed by atoms with Gasteiger partial charge >= 0.3 is 0 Å². The van der Waals surface area contributed by atoms with Gasteiger partial charge in [-0.2, -0.15) is 5.10 Å². The van der Waals surface area contributed by atoms with E-state index < -0.39 is 0 Å². The number of nitrogens with zero attached hydrogens (tertiary/aromatic N) is 3. The second-order valence-corrected chi connectivity index (χ2v) is 3.40. The molecule has 1 heterocycles. The van der Waals surface area contributed by atoms with Crippen LogP contribution >= 0.6 is 0 Å². The monoisotopic (exact) mass is 194 g/mol. The quantitative estimate of drug-likeness (QED) is 0.564. The number of amidine groups is 1. The molecule has 0 unspecified atom stereocenters. The highest BCUT2D eigenvalue weighted by molar-refractivity contribution is 5.80. The van der Waals surface area contributed by atoms with Crippen molar-refractivity contribution < 1.29 is 0 Å². The van der Waals surface area contributed by atoms with Crippen LogP contribution in [0.25, 0.3) is 0 Å². The van der Waals surface area contributed by atoms with Crippen LogP contribution in [-0.4, -0.2) is 22.2 Å². The Balaban J connectivity index is 2.31. The molecule has 2 N–H and O–H groups in total. The van der Waals surface area contributed by atoms with Gasteiger partial charge in [-0.05, 0) is 18.4 Å². The molecule has 0 saturated carbocycles. The largest absolute Gasteiger partial charge is 0.387 e. The molecule has 14 heavy (non-hydrogen) atoms. The highest BCUT2D eigenvalue weighted by atomic mass is 15.2. The summed E-state index contributed by atoms with van der Waals surface area (Å²) >= 11 is 0. The first kappa shape index (κ1) is 10.8. The molecule has 0 aromatic carbocycles. The van der Waals surface area contributed by atoms with Crippen LogP contribution in [0.1, 0.15) is 25.3 Å². The summed E-state index contributed by atoms with van der Waals surface area (Å²) < 4.78 is 1.80. The standard InChI is InChI=1S/C10H18N4/c1-3-4-10(11)12-6-5-9-7-13-14(2)8-9/h7-8H,3-6H2,1-2H3,(H2,11,12). The van der Waals surface area contributed by atoms with E-state index in [0.717, 1.165) is 31.6 Å². The van der Waals surface area contributed by atoms with Crippen LogP contribution < -0.4 is 5.73 Å². The van der Waals surface area contributed by atoms with Gasteiger partial charge in [0.2, 0.25) is 0 Å². The number of hydrogen-bond donors (Lipinski definition) is 1. The summed E-state index contributed by atoms with van der Waals surface area (Å²) in [6, 6.07) is 0. The van der Waals surface area contributed by atoms with Gasteiger partial charge in [0.05, 0.1) is 12.0 Å². The van der Waals surface area contributed by atoms with Gasteiger partial charge < -0.3 is 5.73 Å². The van der Waals surface area contributed by atoms with Gasteiger partial charge in [-0.1, -0.05) is 6.92 Å². The van der Waals surface area contributed by atoms with Crippen molar-refractivity contribution in [3.05, 3.63) is 18.0 Å². The summed E-state index contributed by atoms with van der Waals surface area (Å²) in [5.41, 5.74) is 6.89. The molecule has 0 aliphatic rings. The molecule has 0 spiro atoms. The topological polar surface area (TPSA) is 56.2 Å². The minimum Gasteiger partial charge on any atom is -0.387 e. The predicted molar refractivity (Wildman–Crippen MR) is 58.3 cm³/mol. The van der Waals surface area contributed by atoms with Crippen molar-refractivity contribution in [1.29, 1.82) is 0 Å². The Morgan fingerprint density at radius 1 is 1.64 bits per heavy atom. The van der Waals surface area contributed by atoms with Crippen molar-refractivity contribution in [3.8, 4) is 0 Å². The highest BCUT2D eigenvalue weighted by Crippen LogP contribution is 1.98. The third-order valence-electron chi connectivity index (χ3n) is 1.98. The van der Waals surface area contributed by atoms with E-state index in [2.05, 4.69) is 17.0 Å². The summed E-state index contributed by atoms with van der Waals surface area (Å²) in [7, 11) is 1.91. The van der Waals surface area contributed by atoms with Gasteiger partial charge in [0.25, 0.3) is 0 Å². The van der Waals surface area contributed by atoms with E-state index in [9.17, 15) is 0 Å². The number of aromatic nitrogens is 2. The van der Waals surface area contributed by atoms with E-state index in [1.807, 2.05) is 19.4 Å². The van der Waals surface area contributed by atoms with Gasteiger partial charge in [0, 0.05) is 26.2 Å². The summed E-state index contributed by atoms with van der Waals surface area (Å²) in [5, 5.41) is 4.09. The molecule has 4 nitrogen and oxygen atoms in total. The first-order valence-electron chi connectivity index (χ1n) is 4.98. The van der Waals surface area contributed by atoms with Crippen LogP contribution in [0.2, 0.25) is 0 Å². The molecule has 0 atom stereocenters. The van der Waals surface area contributed by atoms with Crippen LogP contribution in [0, 0.1) is 0 Å². The van der Waals surface area contributed by atoms with Gasteiger partial charge in [-0.15, -0.1) is 0 Å². The lowest BCUT2D eigenvalue weighted by atomic mass is 10.2. The zero-order valence-electron chi connectivity index (χ0n) is 8.90. The van der Waals surface area contributed by atoms with Crippen molar-refractivity contribution in [3.63, 3.8) is 0 Å². The zero-order chi connectivity index (χ0) is 10.4. The van der Waals surface area contributed by atoms with Crippen molar-refractivity contribution >= 4 is 5.84 Å². The summed E-state index contributed by atoms with van der Waals surface area (Å²) in [4.78, 5) is 4.28. The average molecular weight is 194 g/mol. The summed E-state index contributed by atoms with van der Waals surface area (Å²) in [6.45, 7) is 2.86. The normalized spacial score (nSPS) is 12.0. The fourth-order valence-corrected chi connectivity index (χ4v) is 1.26. The second kappa shape index (κ2) is 5.42. The van der Waals surface area contributed by atoms with E-state index >= 15 is 0 Å². The van der Waals surface area contributed by atoms with Gasteiger partial charge in [0.15, 0.2) is 0 Å². The minimum atomic E-state index is 0.761. The predicted octanol–water partition coefficient (Wildman–Crippen LogP) is 1.12.